The maximum absolute atomic E-state index is 12.3. The summed E-state index contributed by atoms with van der Waals surface area (Å²) in [5.41, 5.74) is 3.78. The third kappa shape index (κ3) is 7.48. The Morgan fingerprint density at radius 2 is 1.81 bits per heavy atom. The molecule has 0 aliphatic rings. The first-order valence-electron chi connectivity index (χ1n) is 9.93. The van der Waals surface area contributed by atoms with Crippen LogP contribution in [0.2, 0.25) is 0 Å². The Kier molecular flexibility index (Phi) is 8.61. The maximum Gasteiger partial charge on any atom is 0.251 e. The Balaban J connectivity index is 1.35. The zero-order valence-electron chi connectivity index (χ0n) is 17.6. The van der Waals surface area contributed by atoms with Gasteiger partial charge in [0.25, 0.3) is 5.91 Å². The maximum atomic E-state index is 12.3. The monoisotopic (exact) mass is 454 g/mol. The van der Waals surface area contributed by atoms with Gasteiger partial charge in [0.05, 0.1) is 5.75 Å². The first kappa shape index (κ1) is 23.0. The van der Waals surface area contributed by atoms with Crippen LogP contribution in [-0.4, -0.2) is 39.4 Å². The van der Waals surface area contributed by atoms with E-state index < -0.39 is 0 Å². The van der Waals surface area contributed by atoms with Crippen LogP contribution in [0.4, 0.5) is 5.69 Å². The molecule has 1 aromatic heterocycles. The summed E-state index contributed by atoms with van der Waals surface area (Å²) in [6.07, 6.45) is 3.54. The third-order valence-electron chi connectivity index (χ3n) is 4.46. The van der Waals surface area contributed by atoms with Crippen molar-refractivity contribution in [3.63, 3.8) is 0 Å². The van der Waals surface area contributed by atoms with Crippen molar-refractivity contribution < 1.29 is 9.59 Å². The molecule has 0 saturated heterocycles. The number of hydrogen-bond acceptors (Lipinski definition) is 5. The predicted molar refractivity (Wildman–Crippen MR) is 129 cm³/mol. The second-order valence-corrected chi connectivity index (χ2v) is 9.08. The fourth-order valence-electron chi connectivity index (χ4n) is 2.74. The molecule has 31 heavy (non-hydrogen) atoms. The number of carbonyl (C=O) groups excluding carboxylic acids is 2. The second kappa shape index (κ2) is 11.6. The van der Waals surface area contributed by atoms with Crippen LogP contribution in [0, 0.1) is 6.92 Å². The minimum Gasteiger partial charge on any atom is -0.351 e. The number of nitrogens with zero attached hydrogens (tertiary/aromatic N) is 2. The van der Waals surface area contributed by atoms with Crippen molar-refractivity contribution in [3.05, 3.63) is 77.6 Å². The average Bonchev–Trinajstić information content (AvgIpc) is 3.18. The van der Waals surface area contributed by atoms with Gasteiger partial charge in [0.1, 0.15) is 0 Å². The molecule has 3 aromatic rings. The fraction of sp³-hybridized carbons (Fsp3) is 0.261. The van der Waals surface area contributed by atoms with Crippen molar-refractivity contribution in [1.29, 1.82) is 0 Å². The van der Waals surface area contributed by atoms with E-state index in [0.717, 1.165) is 16.7 Å². The number of carbonyl (C=O) groups is 2. The number of thioether (sulfide) groups is 2. The molecule has 6 nitrogen and oxygen atoms in total. The third-order valence-corrected chi connectivity index (χ3v) is 6.55. The smallest absolute Gasteiger partial charge is 0.251 e. The number of hydrogen-bond donors (Lipinski definition) is 2. The van der Waals surface area contributed by atoms with Crippen molar-refractivity contribution in [2.24, 2.45) is 7.05 Å². The summed E-state index contributed by atoms with van der Waals surface area (Å²) in [6.45, 7) is 2.69. The Morgan fingerprint density at radius 3 is 2.48 bits per heavy atom. The molecule has 2 N–H and O–H groups in total. The quantitative estimate of drug-likeness (QED) is 0.356. The highest BCUT2D eigenvalue weighted by molar-refractivity contribution is 7.99. The van der Waals surface area contributed by atoms with Gasteiger partial charge in [-0.25, -0.2) is 4.98 Å². The van der Waals surface area contributed by atoms with Gasteiger partial charge in [-0.3, -0.25) is 9.59 Å². The number of rotatable bonds is 10. The molecule has 1 heterocycles. The number of aryl methyl sites for hydroxylation is 2. The molecule has 2 aromatic carbocycles. The lowest BCUT2D eigenvalue weighted by Gasteiger charge is -2.08. The Morgan fingerprint density at radius 1 is 1.06 bits per heavy atom. The summed E-state index contributed by atoms with van der Waals surface area (Å²) in [5.74, 6) is 1.83. The van der Waals surface area contributed by atoms with Crippen LogP contribution in [0.15, 0.2) is 66.1 Å². The van der Waals surface area contributed by atoms with Crippen molar-refractivity contribution in [2.75, 3.05) is 23.4 Å². The van der Waals surface area contributed by atoms with Crippen LogP contribution in [0.1, 0.15) is 21.5 Å². The van der Waals surface area contributed by atoms with Gasteiger partial charge in [-0.05, 0) is 36.8 Å². The summed E-state index contributed by atoms with van der Waals surface area (Å²) in [7, 11) is 1.89. The standard InChI is InChI=1S/C23H26N4O2S2/c1-17-3-5-18(6-4-17)15-30-14-12-24-22(29)19-7-9-20(10-8-19)26-21(28)16-31-23-25-11-13-27(23)2/h3-11,13H,12,14-16H2,1-2H3,(H,24,29)(H,26,28). The SMILES string of the molecule is Cc1ccc(CSCCNC(=O)c2ccc(NC(=O)CSc3nccn3C)cc2)cc1. The minimum absolute atomic E-state index is 0.112. The van der Waals surface area contributed by atoms with Gasteiger partial charge < -0.3 is 15.2 Å². The summed E-state index contributed by atoms with van der Waals surface area (Å²) in [6, 6.07) is 15.4. The van der Waals surface area contributed by atoms with Crippen LogP contribution in [0.3, 0.4) is 0 Å². The van der Waals surface area contributed by atoms with Crippen LogP contribution >= 0.6 is 23.5 Å². The van der Waals surface area contributed by atoms with Gasteiger partial charge in [-0.15, -0.1) is 0 Å². The van der Waals surface area contributed by atoms with E-state index in [0.29, 0.717) is 17.8 Å². The molecule has 0 unspecified atom stereocenters. The van der Waals surface area contributed by atoms with E-state index in [1.165, 1.54) is 22.9 Å². The number of amides is 2. The number of benzene rings is 2. The summed E-state index contributed by atoms with van der Waals surface area (Å²) < 4.78 is 1.87. The molecule has 0 fully saturated rings. The predicted octanol–water partition coefficient (Wildman–Crippen LogP) is 4.12. The topological polar surface area (TPSA) is 76.0 Å². The Hall–Kier alpha value is -2.71. The highest BCUT2D eigenvalue weighted by Crippen LogP contribution is 2.16. The van der Waals surface area contributed by atoms with Gasteiger partial charge in [0, 0.05) is 48.7 Å². The molecule has 0 bridgehead atoms. The van der Waals surface area contributed by atoms with E-state index in [4.69, 9.17) is 0 Å². The molecule has 0 atom stereocenters. The van der Waals surface area contributed by atoms with E-state index in [9.17, 15) is 9.59 Å². The van der Waals surface area contributed by atoms with E-state index in [1.807, 2.05) is 17.8 Å². The number of imidazole rings is 1. The van der Waals surface area contributed by atoms with E-state index in [-0.39, 0.29) is 17.6 Å². The highest BCUT2D eigenvalue weighted by atomic mass is 32.2. The van der Waals surface area contributed by atoms with Crippen molar-refractivity contribution >= 4 is 41.0 Å². The van der Waals surface area contributed by atoms with Gasteiger partial charge >= 0.3 is 0 Å². The zero-order chi connectivity index (χ0) is 22.1. The van der Waals surface area contributed by atoms with Crippen molar-refractivity contribution in [1.82, 2.24) is 14.9 Å². The van der Waals surface area contributed by atoms with Crippen molar-refractivity contribution in [3.8, 4) is 0 Å². The van der Waals surface area contributed by atoms with Gasteiger partial charge in [-0.1, -0.05) is 41.6 Å². The molecular weight excluding hydrogens is 428 g/mol. The molecule has 0 aliphatic heterocycles. The summed E-state index contributed by atoms with van der Waals surface area (Å²) in [4.78, 5) is 28.6. The molecular formula is C23H26N4O2S2. The van der Waals surface area contributed by atoms with E-state index >= 15 is 0 Å². The molecule has 162 valence electrons. The van der Waals surface area contributed by atoms with Gasteiger partial charge in [0.2, 0.25) is 5.91 Å². The number of nitrogens with one attached hydrogen (secondary N) is 2. The minimum atomic E-state index is -0.115. The zero-order valence-corrected chi connectivity index (χ0v) is 19.3. The average molecular weight is 455 g/mol. The molecule has 2 amide bonds. The summed E-state index contributed by atoms with van der Waals surface area (Å²) in [5, 5.41) is 6.56. The van der Waals surface area contributed by atoms with E-state index in [2.05, 4.69) is 46.8 Å². The lowest BCUT2D eigenvalue weighted by atomic mass is 10.2. The summed E-state index contributed by atoms with van der Waals surface area (Å²) >= 11 is 3.17. The van der Waals surface area contributed by atoms with Crippen LogP contribution in [0.25, 0.3) is 0 Å². The number of aromatic nitrogens is 2. The molecule has 0 saturated carbocycles. The van der Waals surface area contributed by atoms with E-state index in [1.54, 1.807) is 42.2 Å². The molecule has 0 radical (unpaired) electrons. The van der Waals surface area contributed by atoms with Gasteiger partial charge in [-0.2, -0.15) is 11.8 Å². The van der Waals surface area contributed by atoms with Crippen LogP contribution in [0.5, 0.6) is 0 Å². The first-order valence-corrected chi connectivity index (χ1v) is 12.1. The first-order chi connectivity index (χ1) is 15.0. The van der Waals surface area contributed by atoms with Crippen LogP contribution < -0.4 is 10.6 Å². The molecule has 3 rings (SSSR count). The fourth-order valence-corrected chi connectivity index (χ4v) is 4.29. The highest BCUT2D eigenvalue weighted by Gasteiger charge is 2.08. The lowest BCUT2D eigenvalue weighted by Crippen LogP contribution is -2.25. The molecule has 0 spiro atoms. The largest absolute Gasteiger partial charge is 0.351 e. The van der Waals surface area contributed by atoms with Crippen LogP contribution in [-0.2, 0) is 17.6 Å². The van der Waals surface area contributed by atoms with Crippen molar-refractivity contribution in [2.45, 2.75) is 17.8 Å². The Labute approximate surface area is 191 Å². The Bertz CT molecular complexity index is 1000. The normalized spacial score (nSPS) is 10.6. The number of anilines is 1. The second-order valence-electron chi connectivity index (χ2n) is 7.03. The molecule has 8 heteroatoms. The molecule has 0 aliphatic carbocycles. The lowest BCUT2D eigenvalue weighted by molar-refractivity contribution is -0.113. The van der Waals surface area contributed by atoms with Gasteiger partial charge in [0.15, 0.2) is 5.16 Å².